The van der Waals surface area contributed by atoms with E-state index in [1.165, 1.54) is 12.1 Å². The van der Waals surface area contributed by atoms with Gasteiger partial charge in [-0.2, -0.15) is 0 Å². The summed E-state index contributed by atoms with van der Waals surface area (Å²) in [5.41, 5.74) is 2.72. The summed E-state index contributed by atoms with van der Waals surface area (Å²) >= 11 is 0. The zero-order valence-electron chi connectivity index (χ0n) is 12.7. The number of nitrogens with zero attached hydrogens (tertiary/aromatic N) is 1. The lowest BCUT2D eigenvalue weighted by atomic mass is 10.1. The van der Waals surface area contributed by atoms with Gasteiger partial charge in [-0.05, 0) is 47.0 Å². The maximum Gasteiger partial charge on any atom is 0.250 e. The largest absolute Gasteiger partial charge is 0.497 e. The Kier molecular flexibility index (Phi) is 4.24. The molecule has 1 heterocycles. The van der Waals surface area contributed by atoms with E-state index in [1.807, 2.05) is 30.5 Å². The van der Waals surface area contributed by atoms with Crippen LogP contribution in [0.2, 0.25) is 0 Å². The van der Waals surface area contributed by atoms with E-state index >= 15 is 0 Å². The number of ether oxygens (including phenoxy) is 1. The fraction of sp³-hybridized carbons (Fsp3) is 0.105. The molecule has 0 unspecified atom stereocenters. The Morgan fingerprint density at radius 1 is 0.913 bits per heavy atom. The first-order valence-electron chi connectivity index (χ1n) is 7.25. The number of benzene rings is 2. The molecule has 0 amide bonds. The van der Waals surface area contributed by atoms with E-state index in [0.717, 1.165) is 22.4 Å². The van der Waals surface area contributed by atoms with E-state index in [1.54, 1.807) is 35.9 Å². The number of pyridine rings is 1. The number of rotatable bonds is 4. The van der Waals surface area contributed by atoms with Crippen molar-refractivity contribution in [3.05, 3.63) is 88.6 Å². The van der Waals surface area contributed by atoms with Crippen molar-refractivity contribution >= 4 is 0 Å². The van der Waals surface area contributed by atoms with E-state index in [2.05, 4.69) is 0 Å². The van der Waals surface area contributed by atoms with Crippen molar-refractivity contribution in [3.63, 3.8) is 0 Å². The van der Waals surface area contributed by atoms with Crippen LogP contribution in [0, 0.1) is 5.82 Å². The monoisotopic (exact) mass is 309 g/mol. The van der Waals surface area contributed by atoms with Gasteiger partial charge in [-0.25, -0.2) is 4.39 Å². The molecule has 0 bridgehead atoms. The molecule has 0 fully saturated rings. The molecule has 0 saturated heterocycles. The quantitative estimate of drug-likeness (QED) is 0.735. The van der Waals surface area contributed by atoms with Gasteiger partial charge in [0.25, 0.3) is 5.56 Å². The van der Waals surface area contributed by atoms with E-state index in [0.29, 0.717) is 6.54 Å². The van der Waals surface area contributed by atoms with Crippen LogP contribution < -0.4 is 10.3 Å². The zero-order chi connectivity index (χ0) is 16.2. The van der Waals surface area contributed by atoms with Gasteiger partial charge in [0.15, 0.2) is 0 Å². The summed E-state index contributed by atoms with van der Waals surface area (Å²) in [6.07, 6.45) is 1.81. The summed E-state index contributed by atoms with van der Waals surface area (Å²) in [5.74, 6) is 0.501. The molecule has 3 nitrogen and oxygen atoms in total. The highest BCUT2D eigenvalue weighted by Crippen LogP contribution is 2.21. The van der Waals surface area contributed by atoms with Crippen LogP contribution >= 0.6 is 0 Å². The van der Waals surface area contributed by atoms with E-state index in [4.69, 9.17) is 4.74 Å². The lowest BCUT2D eigenvalue weighted by molar-refractivity contribution is 0.415. The van der Waals surface area contributed by atoms with Crippen molar-refractivity contribution in [3.8, 4) is 16.9 Å². The first-order chi connectivity index (χ1) is 11.2. The lowest BCUT2D eigenvalue weighted by Gasteiger charge is -2.09. The first kappa shape index (κ1) is 15.0. The average molecular weight is 309 g/mol. The molecule has 3 aromatic rings. The maximum atomic E-state index is 13.0. The molecule has 0 saturated carbocycles. The number of hydrogen-bond acceptors (Lipinski definition) is 2. The standard InChI is InChI=1S/C19H16FNO2/c1-23-18-9-4-15(5-10-18)16-6-11-19(22)21(13-16)12-14-2-7-17(20)8-3-14/h2-11,13H,12H2,1H3. The van der Waals surface area contributed by atoms with E-state index < -0.39 is 0 Å². The van der Waals surface area contributed by atoms with E-state index in [9.17, 15) is 9.18 Å². The van der Waals surface area contributed by atoms with Crippen molar-refractivity contribution < 1.29 is 9.13 Å². The van der Waals surface area contributed by atoms with Crippen LogP contribution in [-0.4, -0.2) is 11.7 Å². The van der Waals surface area contributed by atoms with Gasteiger partial charge in [-0.3, -0.25) is 4.79 Å². The second kappa shape index (κ2) is 6.48. The SMILES string of the molecule is COc1ccc(-c2ccc(=O)n(Cc3ccc(F)cc3)c2)cc1. The Morgan fingerprint density at radius 2 is 1.57 bits per heavy atom. The van der Waals surface area contributed by atoms with Crippen molar-refractivity contribution in [1.82, 2.24) is 4.57 Å². The predicted octanol–water partition coefficient (Wildman–Crippen LogP) is 3.71. The molecule has 2 aromatic carbocycles. The summed E-state index contributed by atoms with van der Waals surface area (Å²) < 4.78 is 19.7. The third-order valence-electron chi connectivity index (χ3n) is 3.67. The fourth-order valence-electron chi connectivity index (χ4n) is 2.40. The summed E-state index contributed by atoms with van der Waals surface area (Å²) in [6, 6.07) is 17.1. The molecule has 0 aliphatic heterocycles. The van der Waals surface area contributed by atoms with Gasteiger partial charge in [0, 0.05) is 12.3 Å². The molecule has 0 atom stereocenters. The summed E-state index contributed by atoms with van der Waals surface area (Å²) in [5, 5.41) is 0. The first-order valence-corrected chi connectivity index (χ1v) is 7.25. The smallest absolute Gasteiger partial charge is 0.250 e. The maximum absolute atomic E-state index is 13.0. The lowest BCUT2D eigenvalue weighted by Crippen LogP contribution is -2.19. The normalized spacial score (nSPS) is 10.5. The number of methoxy groups -OCH3 is 1. The molecular formula is C19H16FNO2. The Bertz CT molecular complexity index is 852. The minimum Gasteiger partial charge on any atom is -0.497 e. The molecule has 1 aromatic heterocycles. The molecule has 116 valence electrons. The number of hydrogen-bond donors (Lipinski definition) is 0. The van der Waals surface area contributed by atoms with Gasteiger partial charge in [-0.15, -0.1) is 0 Å². The van der Waals surface area contributed by atoms with Gasteiger partial charge in [0.2, 0.25) is 0 Å². The van der Waals surface area contributed by atoms with Gasteiger partial charge in [0.05, 0.1) is 13.7 Å². The summed E-state index contributed by atoms with van der Waals surface area (Å²) in [6.45, 7) is 0.406. The zero-order valence-corrected chi connectivity index (χ0v) is 12.7. The van der Waals surface area contributed by atoms with Crippen LogP contribution in [0.4, 0.5) is 4.39 Å². The van der Waals surface area contributed by atoms with Crippen molar-refractivity contribution in [2.75, 3.05) is 7.11 Å². The van der Waals surface area contributed by atoms with Crippen LogP contribution in [0.5, 0.6) is 5.75 Å². The molecule has 0 spiro atoms. The molecule has 0 aliphatic rings. The number of aromatic nitrogens is 1. The van der Waals surface area contributed by atoms with Crippen LogP contribution in [0.1, 0.15) is 5.56 Å². The highest BCUT2D eigenvalue weighted by atomic mass is 19.1. The summed E-state index contributed by atoms with van der Waals surface area (Å²) in [7, 11) is 1.62. The molecule has 23 heavy (non-hydrogen) atoms. The van der Waals surface area contributed by atoms with Crippen molar-refractivity contribution in [1.29, 1.82) is 0 Å². The Hall–Kier alpha value is -2.88. The molecule has 0 radical (unpaired) electrons. The second-order valence-corrected chi connectivity index (χ2v) is 5.24. The molecule has 3 rings (SSSR count). The Balaban J connectivity index is 1.91. The molecule has 0 N–H and O–H groups in total. The fourth-order valence-corrected chi connectivity index (χ4v) is 2.40. The van der Waals surface area contributed by atoms with Crippen LogP contribution in [-0.2, 0) is 6.54 Å². The molecule has 0 aliphatic carbocycles. The second-order valence-electron chi connectivity index (χ2n) is 5.24. The average Bonchev–Trinajstić information content (AvgIpc) is 2.59. The highest BCUT2D eigenvalue weighted by Gasteiger charge is 2.03. The van der Waals surface area contributed by atoms with Gasteiger partial charge in [0.1, 0.15) is 11.6 Å². The van der Waals surface area contributed by atoms with Crippen LogP contribution in [0.15, 0.2) is 71.7 Å². The molecular weight excluding hydrogens is 293 g/mol. The van der Waals surface area contributed by atoms with Crippen LogP contribution in [0.3, 0.4) is 0 Å². The van der Waals surface area contributed by atoms with Gasteiger partial charge < -0.3 is 9.30 Å². The third-order valence-corrected chi connectivity index (χ3v) is 3.67. The highest BCUT2D eigenvalue weighted by molar-refractivity contribution is 5.63. The van der Waals surface area contributed by atoms with Gasteiger partial charge in [-0.1, -0.05) is 24.3 Å². The molecule has 4 heteroatoms. The topological polar surface area (TPSA) is 31.2 Å². The Morgan fingerprint density at radius 3 is 2.22 bits per heavy atom. The minimum absolute atomic E-state index is 0.0911. The van der Waals surface area contributed by atoms with Crippen molar-refractivity contribution in [2.45, 2.75) is 6.54 Å². The van der Waals surface area contributed by atoms with Crippen LogP contribution in [0.25, 0.3) is 11.1 Å². The summed E-state index contributed by atoms with van der Waals surface area (Å²) in [4.78, 5) is 12.0. The van der Waals surface area contributed by atoms with E-state index in [-0.39, 0.29) is 11.4 Å². The Labute approximate surface area is 133 Å². The van der Waals surface area contributed by atoms with Gasteiger partial charge >= 0.3 is 0 Å². The predicted molar refractivity (Wildman–Crippen MR) is 88.2 cm³/mol. The van der Waals surface area contributed by atoms with Crippen molar-refractivity contribution in [2.24, 2.45) is 0 Å². The number of halogens is 1. The minimum atomic E-state index is -0.284. The third kappa shape index (κ3) is 3.48.